The van der Waals surface area contributed by atoms with E-state index in [1.54, 1.807) is 0 Å². The molecule has 0 heterocycles. The van der Waals surface area contributed by atoms with Crippen molar-refractivity contribution in [3.05, 3.63) is 86.2 Å². The number of nitrogens with zero attached hydrogens (tertiary/aromatic N) is 5. The molecule has 0 fully saturated rings. The molecule has 0 aliphatic rings. The number of methoxy groups -OCH3 is 2. The van der Waals surface area contributed by atoms with Gasteiger partial charge in [0, 0.05) is 32.1 Å². The number of esters is 1. The molecule has 0 atom stereocenters. The van der Waals surface area contributed by atoms with Crippen molar-refractivity contribution in [1.29, 1.82) is 0 Å². The highest BCUT2D eigenvalue weighted by Gasteiger charge is 2.25. The van der Waals surface area contributed by atoms with E-state index in [1.165, 1.54) is 33.3 Å². The molecule has 0 saturated heterocycles. The van der Waals surface area contributed by atoms with Crippen molar-refractivity contribution in [1.82, 2.24) is 0 Å². The van der Waals surface area contributed by atoms with Crippen LogP contribution in [0.25, 0.3) is 0 Å². The van der Waals surface area contributed by atoms with Crippen molar-refractivity contribution in [2.45, 2.75) is 19.9 Å². The van der Waals surface area contributed by atoms with E-state index in [4.69, 9.17) is 9.47 Å². The second-order valence-corrected chi connectivity index (χ2v) is 8.46. The van der Waals surface area contributed by atoms with Gasteiger partial charge in [-0.25, -0.2) is 0 Å². The molecule has 214 valence electrons. The average molecular weight is 569 g/mol. The summed E-state index contributed by atoms with van der Waals surface area (Å²) in [6.07, 6.45) is 0.0405. The molecule has 0 unspecified atom stereocenters. The lowest BCUT2D eigenvalue weighted by Crippen LogP contribution is -2.26. The van der Waals surface area contributed by atoms with Crippen molar-refractivity contribution in [3.8, 4) is 5.75 Å². The molecule has 0 bridgehead atoms. The Morgan fingerprint density at radius 3 is 2.22 bits per heavy atom. The smallest absolute Gasteiger partial charge is 0.311 e. The zero-order valence-electron chi connectivity index (χ0n) is 22.2. The van der Waals surface area contributed by atoms with Gasteiger partial charge in [-0.2, -0.15) is 4.39 Å². The summed E-state index contributed by atoms with van der Waals surface area (Å²) >= 11 is 0. The largest absolute Gasteiger partial charge is 0.494 e. The zero-order chi connectivity index (χ0) is 30.1. The quantitative estimate of drug-likeness (QED) is 0.126. The Morgan fingerprint density at radius 1 is 0.976 bits per heavy atom. The molecule has 3 rings (SSSR count). The Bertz CT molecular complexity index is 1500. The van der Waals surface area contributed by atoms with Gasteiger partial charge in [0.2, 0.25) is 11.7 Å². The summed E-state index contributed by atoms with van der Waals surface area (Å²) < 4.78 is 24.6. The fourth-order valence-corrected chi connectivity index (χ4v) is 3.77. The van der Waals surface area contributed by atoms with E-state index in [1.807, 2.05) is 35.2 Å². The first-order valence-corrected chi connectivity index (χ1v) is 11.9. The number of anilines is 2. The Kier molecular flexibility index (Phi) is 9.94. The van der Waals surface area contributed by atoms with E-state index in [0.29, 0.717) is 24.4 Å². The summed E-state index contributed by atoms with van der Waals surface area (Å²) in [5, 5.41) is 32.8. The second-order valence-electron chi connectivity index (χ2n) is 8.46. The first kappa shape index (κ1) is 30.1. The molecular weight excluding hydrogens is 543 g/mol. The topological polar surface area (TPSA) is 179 Å². The summed E-state index contributed by atoms with van der Waals surface area (Å²) in [5.74, 6) is -2.01. The van der Waals surface area contributed by atoms with Crippen LogP contribution in [0.3, 0.4) is 0 Å². The van der Waals surface area contributed by atoms with Gasteiger partial charge < -0.3 is 19.7 Å². The number of hydrogen-bond donors (Lipinski definition) is 1. The average Bonchev–Trinajstić information content (AvgIpc) is 2.94. The van der Waals surface area contributed by atoms with Crippen molar-refractivity contribution >= 4 is 46.0 Å². The maximum atomic E-state index is 14.2. The molecule has 3 aromatic rings. The number of halogens is 1. The lowest BCUT2D eigenvalue weighted by atomic mass is 10.1. The summed E-state index contributed by atoms with van der Waals surface area (Å²) in [6.45, 7) is 1.82. The number of amides is 1. The number of ether oxygens (including phenoxy) is 2. The van der Waals surface area contributed by atoms with E-state index in [-0.39, 0.29) is 30.1 Å². The Balaban J connectivity index is 2.12. The minimum atomic E-state index is -1.34. The third-order valence-electron chi connectivity index (χ3n) is 5.68. The molecule has 14 nitrogen and oxygen atoms in total. The monoisotopic (exact) mass is 568 g/mol. The molecule has 0 aliphatic carbocycles. The van der Waals surface area contributed by atoms with Crippen LogP contribution in [-0.2, 0) is 20.9 Å². The summed E-state index contributed by atoms with van der Waals surface area (Å²) in [5.41, 5.74) is -1.03. The fraction of sp³-hybridized carbons (Fsp3) is 0.231. The molecule has 1 N–H and O–H groups in total. The van der Waals surface area contributed by atoms with Crippen LogP contribution in [0.4, 0.5) is 38.5 Å². The number of nitro benzene ring substituents is 2. The highest BCUT2D eigenvalue weighted by molar-refractivity contribution is 5.94. The SMILES string of the molecule is COC(=O)CCN(Cc1ccccc1)c1cc(NC(C)=O)c(N=Nc2cc(F)c([N+](=O)[O-])cc2[N+](=O)[O-])cc1OC. The van der Waals surface area contributed by atoms with Gasteiger partial charge in [-0.05, 0) is 11.6 Å². The molecule has 41 heavy (non-hydrogen) atoms. The normalized spacial score (nSPS) is 10.7. The van der Waals surface area contributed by atoms with E-state index < -0.39 is 44.6 Å². The minimum Gasteiger partial charge on any atom is -0.494 e. The first-order valence-electron chi connectivity index (χ1n) is 11.9. The summed E-state index contributed by atoms with van der Waals surface area (Å²) in [7, 11) is 2.66. The van der Waals surface area contributed by atoms with Gasteiger partial charge in [0.05, 0.1) is 47.9 Å². The highest BCUT2D eigenvalue weighted by atomic mass is 19.1. The van der Waals surface area contributed by atoms with Gasteiger partial charge in [-0.15, -0.1) is 10.2 Å². The number of rotatable bonds is 12. The maximum Gasteiger partial charge on any atom is 0.311 e. The Morgan fingerprint density at radius 2 is 1.63 bits per heavy atom. The van der Waals surface area contributed by atoms with Crippen molar-refractivity contribution < 1.29 is 33.3 Å². The maximum absolute atomic E-state index is 14.2. The first-order chi connectivity index (χ1) is 19.5. The van der Waals surface area contributed by atoms with Crippen LogP contribution in [0.15, 0.2) is 64.8 Å². The predicted molar refractivity (Wildman–Crippen MR) is 145 cm³/mol. The third kappa shape index (κ3) is 7.78. The van der Waals surface area contributed by atoms with E-state index in [2.05, 4.69) is 15.5 Å². The van der Waals surface area contributed by atoms with Crippen molar-refractivity contribution in [2.75, 3.05) is 31.0 Å². The standard InChI is InChI=1S/C26H25FN6O8/c1-16(34)28-19-12-24(31(10-9-26(35)41-3)15-17-7-5-4-6-8-17)25(40-2)13-20(19)29-30-21-11-18(27)22(32(36)37)14-23(21)33(38)39/h4-8,11-14H,9-10,15H2,1-3H3,(H,28,34). The molecule has 0 aromatic heterocycles. The van der Waals surface area contributed by atoms with Crippen LogP contribution < -0.4 is 15.0 Å². The molecule has 0 aliphatic heterocycles. The molecular formula is C26H25FN6O8. The van der Waals surface area contributed by atoms with Gasteiger partial charge in [-0.3, -0.25) is 29.8 Å². The predicted octanol–water partition coefficient (Wildman–Crippen LogP) is 5.59. The summed E-state index contributed by atoms with van der Waals surface area (Å²) in [6, 6.07) is 13.3. The van der Waals surface area contributed by atoms with Gasteiger partial charge in [-0.1, -0.05) is 30.3 Å². The van der Waals surface area contributed by atoms with E-state index in [0.717, 1.165) is 5.56 Å². The lowest BCUT2D eigenvalue weighted by molar-refractivity contribution is -0.395. The zero-order valence-corrected chi connectivity index (χ0v) is 22.2. The number of benzene rings is 3. The van der Waals surface area contributed by atoms with E-state index >= 15 is 0 Å². The van der Waals surface area contributed by atoms with Crippen LogP contribution in [0.2, 0.25) is 0 Å². The van der Waals surface area contributed by atoms with Crippen LogP contribution >= 0.6 is 0 Å². The highest BCUT2D eigenvalue weighted by Crippen LogP contribution is 2.41. The number of azo groups is 1. The third-order valence-corrected chi connectivity index (χ3v) is 5.68. The number of nitrogens with one attached hydrogen (secondary N) is 1. The number of carbonyl (C=O) groups excluding carboxylic acids is 2. The van der Waals surface area contributed by atoms with Gasteiger partial charge in [0.1, 0.15) is 11.4 Å². The molecule has 0 saturated carbocycles. The molecule has 3 aromatic carbocycles. The molecule has 0 spiro atoms. The van der Waals surface area contributed by atoms with E-state index in [9.17, 15) is 34.2 Å². The number of nitro groups is 2. The van der Waals surface area contributed by atoms with Crippen LogP contribution in [0, 0.1) is 26.0 Å². The minimum absolute atomic E-state index is 0.0125. The fourth-order valence-electron chi connectivity index (χ4n) is 3.77. The Labute approximate surface area is 232 Å². The second kappa shape index (κ2) is 13.5. The summed E-state index contributed by atoms with van der Waals surface area (Å²) in [4.78, 5) is 46.2. The number of hydrogen-bond acceptors (Lipinski definition) is 11. The van der Waals surface area contributed by atoms with Crippen LogP contribution in [0.5, 0.6) is 5.75 Å². The van der Waals surface area contributed by atoms with Crippen LogP contribution in [-0.4, -0.2) is 42.5 Å². The molecule has 15 heteroatoms. The number of carbonyl (C=O) groups is 2. The van der Waals surface area contributed by atoms with Crippen molar-refractivity contribution in [3.63, 3.8) is 0 Å². The van der Waals surface area contributed by atoms with Gasteiger partial charge in [0.25, 0.3) is 0 Å². The molecule has 1 amide bonds. The van der Waals surface area contributed by atoms with Crippen molar-refractivity contribution in [2.24, 2.45) is 10.2 Å². The van der Waals surface area contributed by atoms with Crippen LogP contribution in [0.1, 0.15) is 18.9 Å². The van der Waals surface area contributed by atoms with Gasteiger partial charge >= 0.3 is 17.3 Å². The lowest BCUT2D eigenvalue weighted by Gasteiger charge is -2.27. The van der Waals surface area contributed by atoms with Gasteiger partial charge in [0.15, 0.2) is 5.69 Å². The Hall–Kier alpha value is -5.47. The molecule has 0 radical (unpaired) electrons.